The number of carbonyl (C=O) groups is 2. The number of ether oxygens (including phenoxy) is 1. The molecule has 2 amide bonds. The van der Waals surface area contributed by atoms with Crippen molar-refractivity contribution in [1.82, 2.24) is 0 Å². The Morgan fingerprint density at radius 1 is 1.12 bits per heavy atom. The minimum Gasteiger partial charge on any atom is -0.494 e. The fourth-order valence-electron chi connectivity index (χ4n) is 4.63. The minimum absolute atomic E-state index is 0.0412. The third-order valence-electron chi connectivity index (χ3n) is 5.61. The van der Waals surface area contributed by atoms with Gasteiger partial charge < -0.3 is 4.74 Å². The number of benzene rings is 1. The lowest BCUT2D eigenvalue weighted by Crippen LogP contribution is -2.33. The molecule has 1 saturated heterocycles. The lowest BCUT2D eigenvalue weighted by Gasteiger charge is -2.21. The molecule has 1 heterocycles. The Balaban J connectivity index is 1.77. The monoisotopic (exact) mass is 354 g/mol. The SMILES string of the molecule is COc1cc([N+](=O)[O-])ccc1N1C(=O)[C@@H]2[C@@H](C1=O)[C@H]1C=C[C@@H]2C1=C(C)C. The second-order valence-electron chi connectivity index (χ2n) is 7.07. The highest BCUT2D eigenvalue weighted by Crippen LogP contribution is 2.57. The summed E-state index contributed by atoms with van der Waals surface area (Å²) in [6, 6.07) is 3.92. The lowest BCUT2D eigenvalue weighted by molar-refractivity contribution is -0.384. The zero-order chi connectivity index (χ0) is 18.7. The Bertz CT molecular complexity index is 879. The lowest BCUT2D eigenvalue weighted by atomic mass is 9.85. The minimum atomic E-state index is -0.542. The molecule has 4 rings (SSSR count). The number of methoxy groups -OCH3 is 1. The predicted octanol–water partition coefficient (Wildman–Crippen LogP) is 2.86. The van der Waals surface area contributed by atoms with Gasteiger partial charge >= 0.3 is 0 Å². The molecule has 0 aromatic heterocycles. The van der Waals surface area contributed by atoms with Gasteiger partial charge in [-0.1, -0.05) is 23.3 Å². The number of carbonyl (C=O) groups excluding carboxylic acids is 2. The summed E-state index contributed by atoms with van der Waals surface area (Å²) >= 11 is 0. The van der Waals surface area contributed by atoms with Crippen LogP contribution in [0.25, 0.3) is 0 Å². The van der Waals surface area contributed by atoms with Gasteiger partial charge in [-0.2, -0.15) is 0 Å². The number of allylic oxidation sites excluding steroid dienone is 4. The van der Waals surface area contributed by atoms with Crippen LogP contribution in [-0.2, 0) is 9.59 Å². The number of hydrogen-bond donors (Lipinski definition) is 0. The molecular weight excluding hydrogens is 336 g/mol. The van der Waals surface area contributed by atoms with Gasteiger partial charge in [-0.15, -0.1) is 0 Å². The van der Waals surface area contributed by atoms with Gasteiger partial charge in [-0.3, -0.25) is 19.7 Å². The van der Waals surface area contributed by atoms with E-state index in [-0.39, 0.29) is 40.8 Å². The van der Waals surface area contributed by atoms with E-state index in [1.54, 1.807) is 0 Å². The highest BCUT2D eigenvalue weighted by molar-refractivity contribution is 6.24. The van der Waals surface area contributed by atoms with E-state index >= 15 is 0 Å². The molecule has 1 aromatic carbocycles. The Morgan fingerprint density at radius 3 is 2.15 bits per heavy atom. The van der Waals surface area contributed by atoms with E-state index < -0.39 is 16.8 Å². The van der Waals surface area contributed by atoms with Crippen LogP contribution in [-0.4, -0.2) is 23.8 Å². The molecule has 0 spiro atoms. The van der Waals surface area contributed by atoms with Gasteiger partial charge in [0.25, 0.3) is 5.69 Å². The summed E-state index contributed by atoms with van der Waals surface area (Å²) in [6.45, 7) is 4.02. The highest BCUT2D eigenvalue weighted by Gasteiger charge is 2.62. The standard InChI is InChI=1S/C19H18N2O5/c1-9(2)15-11-5-6-12(15)17-16(11)18(22)20(19(17)23)13-7-4-10(21(24)25)8-14(13)26-3/h4-8,11-12,16-17H,1-3H3/t11-,12+,16-,17-/m0/s1. The third-order valence-corrected chi connectivity index (χ3v) is 5.61. The molecule has 0 N–H and O–H groups in total. The second-order valence-corrected chi connectivity index (χ2v) is 7.07. The number of nitro groups is 1. The van der Waals surface area contributed by atoms with Gasteiger partial charge in [-0.25, -0.2) is 4.90 Å². The van der Waals surface area contributed by atoms with Gasteiger partial charge in [0.1, 0.15) is 5.75 Å². The van der Waals surface area contributed by atoms with Crippen molar-refractivity contribution in [3.63, 3.8) is 0 Å². The number of hydrogen-bond acceptors (Lipinski definition) is 5. The van der Waals surface area contributed by atoms with E-state index in [9.17, 15) is 19.7 Å². The molecule has 1 saturated carbocycles. The van der Waals surface area contributed by atoms with Crippen molar-refractivity contribution in [3.05, 3.63) is 51.6 Å². The van der Waals surface area contributed by atoms with Crippen LogP contribution < -0.4 is 9.64 Å². The Morgan fingerprint density at radius 2 is 1.69 bits per heavy atom. The topological polar surface area (TPSA) is 89.8 Å². The van der Waals surface area contributed by atoms with Crippen molar-refractivity contribution in [2.24, 2.45) is 23.7 Å². The van der Waals surface area contributed by atoms with E-state index in [1.807, 2.05) is 26.0 Å². The van der Waals surface area contributed by atoms with Gasteiger partial charge in [0, 0.05) is 17.9 Å². The first-order valence-electron chi connectivity index (χ1n) is 8.42. The van der Waals surface area contributed by atoms with E-state index in [0.29, 0.717) is 0 Å². The number of nitro benzene ring substituents is 1. The van der Waals surface area contributed by atoms with Crippen LogP contribution in [0.1, 0.15) is 13.8 Å². The number of imide groups is 1. The molecule has 1 aromatic rings. The molecule has 2 bridgehead atoms. The number of anilines is 1. The largest absolute Gasteiger partial charge is 0.494 e. The van der Waals surface area contributed by atoms with Gasteiger partial charge in [0.15, 0.2) is 0 Å². The number of nitrogens with zero attached hydrogens (tertiary/aromatic N) is 2. The molecular formula is C19H18N2O5. The van der Waals surface area contributed by atoms with Crippen molar-refractivity contribution >= 4 is 23.2 Å². The van der Waals surface area contributed by atoms with E-state index in [4.69, 9.17) is 4.74 Å². The molecule has 1 aliphatic heterocycles. The normalized spacial score (nSPS) is 28.7. The van der Waals surface area contributed by atoms with Crippen LogP contribution in [0.2, 0.25) is 0 Å². The van der Waals surface area contributed by atoms with Crippen molar-refractivity contribution in [2.45, 2.75) is 13.8 Å². The highest BCUT2D eigenvalue weighted by atomic mass is 16.6. The van der Waals surface area contributed by atoms with E-state index in [2.05, 4.69) is 0 Å². The number of fused-ring (bicyclic) bond motifs is 5. The maximum absolute atomic E-state index is 13.1. The van der Waals surface area contributed by atoms with Crippen molar-refractivity contribution in [1.29, 1.82) is 0 Å². The Kier molecular flexibility index (Phi) is 3.50. The fraction of sp³-hybridized carbons (Fsp3) is 0.368. The van der Waals surface area contributed by atoms with Crippen molar-refractivity contribution < 1.29 is 19.2 Å². The van der Waals surface area contributed by atoms with Gasteiger partial charge in [0.2, 0.25) is 11.8 Å². The molecule has 134 valence electrons. The molecule has 2 fully saturated rings. The first-order chi connectivity index (χ1) is 12.4. The molecule has 0 radical (unpaired) electrons. The summed E-state index contributed by atoms with van der Waals surface area (Å²) < 4.78 is 5.22. The molecule has 3 aliphatic rings. The molecule has 7 nitrogen and oxygen atoms in total. The zero-order valence-electron chi connectivity index (χ0n) is 14.6. The quantitative estimate of drug-likeness (QED) is 0.360. The summed E-state index contributed by atoms with van der Waals surface area (Å²) in [5, 5.41) is 11.0. The number of non-ortho nitro benzene ring substituents is 1. The zero-order valence-corrected chi connectivity index (χ0v) is 14.6. The fourth-order valence-corrected chi connectivity index (χ4v) is 4.63. The molecule has 4 atom stereocenters. The first kappa shape index (κ1) is 16.5. The van der Waals surface area contributed by atoms with Crippen molar-refractivity contribution in [3.8, 4) is 5.75 Å². The smallest absolute Gasteiger partial charge is 0.273 e. The van der Waals surface area contributed by atoms with Gasteiger partial charge in [0.05, 0.1) is 35.6 Å². The van der Waals surface area contributed by atoms with Crippen LogP contribution in [0.4, 0.5) is 11.4 Å². The van der Waals surface area contributed by atoms with E-state index in [1.165, 1.54) is 30.9 Å². The van der Waals surface area contributed by atoms with Crippen LogP contribution in [0.5, 0.6) is 5.75 Å². The van der Waals surface area contributed by atoms with Gasteiger partial charge in [-0.05, 0) is 19.9 Å². The maximum atomic E-state index is 13.1. The van der Waals surface area contributed by atoms with Crippen LogP contribution in [0.15, 0.2) is 41.5 Å². The summed E-state index contributed by atoms with van der Waals surface area (Å²) in [6.07, 6.45) is 4.05. The number of rotatable bonds is 3. The average Bonchev–Trinajstić information content (AvgIpc) is 3.24. The molecule has 0 unspecified atom stereocenters. The number of amides is 2. The van der Waals surface area contributed by atoms with E-state index in [0.717, 1.165) is 10.5 Å². The third kappa shape index (κ3) is 2.00. The Labute approximate surface area is 150 Å². The summed E-state index contributed by atoms with van der Waals surface area (Å²) in [5.41, 5.74) is 2.44. The molecule has 26 heavy (non-hydrogen) atoms. The van der Waals surface area contributed by atoms with Crippen LogP contribution in [0, 0.1) is 33.8 Å². The molecule has 7 heteroatoms. The first-order valence-corrected chi connectivity index (χ1v) is 8.42. The predicted molar refractivity (Wildman–Crippen MR) is 93.6 cm³/mol. The summed E-state index contributed by atoms with van der Waals surface area (Å²) in [4.78, 5) is 37.8. The summed E-state index contributed by atoms with van der Waals surface area (Å²) in [7, 11) is 1.36. The van der Waals surface area contributed by atoms with Crippen LogP contribution >= 0.6 is 0 Å². The second kappa shape index (κ2) is 5.52. The average molecular weight is 354 g/mol. The maximum Gasteiger partial charge on any atom is 0.273 e. The summed E-state index contributed by atoms with van der Waals surface area (Å²) in [5.74, 6) is -1.26. The Hall–Kier alpha value is -2.96. The van der Waals surface area contributed by atoms with Crippen LogP contribution in [0.3, 0.4) is 0 Å². The van der Waals surface area contributed by atoms with Crippen molar-refractivity contribution in [2.75, 3.05) is 12.0 Å². The molecule has 2 aliphatic carbocycles.